The molecule has 0 saturated carbocycles. The summed E-state index contributed by atoms with van der Waals surface area (Å²) in [7, 11) is 0. The summed E-state index contributed by atoms with van der Waals surface area (Å²) in [5.41, 5.74) is 8.65. The number of carbonyl (C=O) groups is 2. The average Bonchev–Trinajstić information content (AvgIpc) is 3.14. The van der Waals surface area contributed by atoms with Crippen molar-refractivity contribution in [2.24, 2.45) is 0 Å². The van der Waals surface area contributed by atoms with Gasteiger partial charge in [-0.1, -0.05) is 60.1 Å². The van der Waals surface area contributed by atoms with Gasteiger partial charge < -0.3 is 29.3 Å². The predicted molar refractivity (Wildman–Crippen MR) is 193 cm³/mol. The minimum Gasteiger partial charge on any atom is -0.492 e. The van der Waals surface area contributed by atoms with Crippen LogP contribution in [0.5, 0.6) is 17.2 Å². The van der Waals surface area contributed by atoms with Gasteiger partial charge in [0.05, 0.1) is 29.3 Å². The SMILES string of the molecule is Cc1c(COc2cc(OCc3cncc(C#N)c3)c(C=O)cc2Cl)cccc1-c1cccc(-c2ccc(OCCN(CCO)C(=O)O)cc2)c1C. The van der Waals surface area contributed by atoms with Crippen molar-refractivity contribution in [1.82, 2.24) is 9.88 Å². The molecule has 0 saturated heterocycles. The number of hydrogen-bond acceptors (Lipinski definition) is 8. The lowest BCUT2D eigenvalue weighted by Gasteiger charge is -2.18. The summed E-state index contributed by atoms with van der Waals surface area (Å²) in [5, 5.41) is 27.7. The minimum absolute atomic E-state index is 0.0321. The van der Waals surface area contributed by atoms with E-state index in [1.165, 1.54) is 12.3 Å². The number of halogens is 1. The molecular weight excluding hydrogens is 670 g/mol. The van der Waals surface area contributed by atoms with Crippen molar-refractivity contribution in [2.75, 3.05) is 26.3 Å². The number of aromatic nitrogens is 1. The summed E-state index contributed by atoms with van der Waals surface area (Å²) in [6.45, 7) is 4.55. The fourth-order valence-corrected chi connectivity index (χ4v) is 5.85. The van der Waals surface area contributed by atoms with Crippen LogP contribution in [0.4, 0.5) is 4.79 Å². The topological polar surface area (TPSA) is 142 Å². The van der Waals surface area contributed by atoms with E-state index in [1.807, 2.05) is 55.5 Å². The zero-order chi connectivity index (χ0) is 36.3. The van der Waals surface area contributed by atoms with Gasteiger partial charge in [0.25, 0.3) is 0 Å². The monoisotopic (exact) mass is 705 g/mol. The molecular formula is C40H36ClN3O7. The fraction of sp³-hybridized carbons (Fsp3) is 0.200. The lowest BCUT2D eigenvalue weighted by molar-refractivity contribution is 0.111. The molecule has 0 aliphatic carbocycles. The lowest BCUT2D eigenvalue weighted by Crippen LogP contribution is -2.35. The normalized spacial score (nSPS) is 10.6. The van der Waals surface area contributed by atoms with Crippen LogP contribution in [-0.4, -0.2) is 58.8 Å². The second-order valence-electron chi connectivity index (χ2n) is 11.6. The third kappa shape index (κ3) is 9.02. The zero-order valence-electron chi connectivity index (χ0n) is 28.1. The molecule has 10 nitrogen and oxygen atoms in total. The highest BCUT2D eigenvalue weighted by molar-refractivity contribution is 6.32. The lowest BCUT2D eigenvalue weighted by atomic mass is 9.89. The van der Waals surface area contributed by atoms with Crippen LogP contribution in [0, 0.1) is 25.2 Å². The molecule has 1 aromatic heterocycles. The van der Waals surface area contributed by atoms with Crippen LogP contribution in [0.2, 0.25) is 5.02 Å². The second kappa shape index (κ2) is 17.2. The van der Waals surface area contributed by atoms with Crippen LogP contribution in [0.3, 0.4) is 0 Å². The summed E-state index contributed by atoms with van der Waals surface area (Å²) in [4.78, 5) is 28.2. The van der Waals surface area contributed by atoms with Crippen molar-refractivity contribution in [1.29, 1.82) is 5.26 Å². The summed E-state index contributed by atoms with van der Waals surface area (Å²) in [6, 6.07) is 26.7. The van der Waals surface area contributed by atoms with Crippen molar-refractivity contribution in [2.45, 2.75) is 27.1 Å². The highest BCUT2D eigenvalue weighted by Gasteiger charge is 2.16. The van der Waals surface area contributed by atoms with E-state index in [4.69, 9.17) is 36.2 Å². The van der Waals surface area contributed by atoms with Gasteiger partial charge in [0, 0.05) is 30.6 Å². The predicted octanol–water partition coefficient (Wildman–Crippen LogP) is 7.88. The Morgan fingerprint density at radius 1 is 0.882 bits per heavy atom. The first-order valence-corrected chi connectivity index (χ1v) is 16.5. The molecule has 0 spiro atoms. The average molecular weight is 706 g/mol. The number of benzene rings is 4. The molecule has 0 bridgehead atoms. The Bertz CT molecular complexity index is 2060. The Balaban J connectivity index is 1.30. The fourth-order valence-electron chi connectivity index (χ4n) is 5.62. The molecule has 0 unspecified atom stereocenters. The molecule has 0 radical (unpaired) electrons. The number of ether oxygens (including phenoxy) is 3. The van der Waals surface area contributed by atoms with E-state index >= 15 is 0 Å². The number of carboxylic acid groups (broad SMARTS) is 1. The van der Waals surface area contributed by atoms with E-state index in [-0.39, 0.29) is 50.1 Å². The smallest absolute Gasteiger partial charge is 0.407 e. The van der Waals surface area contributed by atoms with Gasteiger partial charge in [0.2, 0.25) is 0 Å². The molecule has 1 heterocycles. The molecule has 1 amide bonds. The van der Waals surface area contributed by atoms with E-state index in [0.29, 0.717) is 34.7 Å². The van der Waals surface area contributed by atoms with Crippen LogP contribution >= 0.6 is 11.6 Å². The van der Waals surface area contributed by atoms with Crippen LogP contribution in [0.1, 0.15) is 38.2 Å². The molecule has 51 heavy (non-hydrogen) atoms. The second-order valence-corrected chi connectivity index (χ2v) is 12.1. The van der Waals surface area contributed by atoms with Gasteiger partial charge in [-0.05, 0) is 77.1 Å². The number of nitriles is 1. The molecule has 0 aliphatic heterocycles. The quantitative estimate of drug-likeness (QED) is 0.104. The van der Waals surface area contributed by atoms with Crippen molar-refractivity contribution in [3.63, 3.8) is 0 Å². The Morgan fingerprint density at radius 3 is 2.29 bits per heavy atom. The number of aldehydes is 1. The first kappa shape index (κ1) is 36.4. The maximum atomic E-state index is 11.8. The molecule has 0 fully saturated rings. The zero-order valence-corrected chi connectivity index (χ0v) is 28.9. The Labute approximate surface area is 301 Å². The van der Waals surface area contributed by atoms with E-state index in [9.17, 15) is 14.7 Å². The summed E-state index contributed by atoms with van der Waals surface area (Å²) in [5.74, 6) is 1.28. The summed E-state index contributed by atoms with van der Waals surface area (Å²) < 4.78 is 17.9. The third-order valence-electron chi connectivity index (χ3n) is 8.40. The molecule has 260 valence electrons. The first-order chi connectivity index (χ1) is 24.7. The molecule has 4 aromatic carbocycles. The van der Waals surface area contributed by atoms with E-state index < -0.39 is 6.09 Å². The summed E-state index contributed by atoms with van der Waals surface area (Å²) in [6.07, 6.45) is 2.62. The number of hydrogen-bond donors (Lipinski definition) is 2. The van der Waals surface area contributed by atoms with Gasteiger partial charge >= 0.3 is 6.09 Å². The maximum absolute atomic E-state index is 11.8. The van der Waals surface area contributed by atoms with E-state index in [1.54, 1.807) is 18.3 Å². The van der Waals surface area contributed by atoms with Crippen LogP contribution in [-0.2, 0) is 13.2 Å². The molecule has 5 rings (SSSR count). The van der Waals surface area contributed by atoms with Gasteiger partial charge in [0.1, 0.15) is 43.1 Å². The van der Waals surface area contributed by atoms with Gasteiger partial charge in [0.15, 0.2) is 6.29 Å². The highest BCUT2D eigenvalue weighted by atomic mass is 35.5. The van der Waals surface area contributed by atoms with Crippen LogP contribution in [0.25, 0.3) is 22.3 Å². The van der Waals surface area contributed by atoms with Crippen molar-refractivity contribution < 1.29 is 34.0 Å². The molecule has 0 aliphatic rings. The van der Waals surface area contributed by atoms with Gasteiger partial charge in [-0.15, -0.1) is 0 Å². The number of amides is 1. The van der Waals surface area contributed by atoms with E-state index in [0.717, 1.165) is 43.8 Å². The van der Waals surface area contributed by atoms with Gasteiger partial charge in [-0.2, -0.15) is 5.26 Å². The number of nitrogens with zero attached hydrogens (tertiary/aromatic N) is 3. The molecule has 2 N–H and O–H groups in total. The maximum Gasteiger partial charge on any atom is 0.407 e. The van der Waals surface area contributed by atoms with Crippen molar-refractivity contribution in [3.8, 4) is 45.6 Å². The first-order valence-electron chi connectivity index (χ1n) is 16.1. The standard InChI is InChI=1S/C40H36ClN3O7/c1-26-31(25-51-39-19-38(32(23-46)18-37(39)41)50-24-29-17-28(20-42)21-43-22-29)5-3-7-35(26)36-8-4-6-34(27(36)2)30-9-11-33(12-10-30)49-16-14-44(13-15-45)40(47)48/h3-12,17-19,21-23,45H,13-16,24-25H2,1-2H3,(H,47,48). The van der Waals surface area contributed by atoms with Gasteiger partial charge in [-0.25, -0.2) is 4.79 Å². The number of aliphatic hydroxyl groups excluding tert-OH is 1. The number of carbonyl (C=O) groups excluding carboxylic acids is 1. The van der Waals surface area contributed by atoms with Crippen molar-refractivity contribution >= 4 is 24.0 Å². The summed E-state index contributed by atoms with van der Waals surface area (Å²) >= 11 is 6.51. The largest absolute Gasteiger partial charge is 0.492 e. The van der Waals surface area contributed by atoms with Crippen molar-refractivity contribution in [3.05, 3.63) is 130 Å². The molecule has 11 heteroatoms. The van der Waals surface area contributed by atoms with Crippen LogP contribution in [0.15, 0.2) is 91.3 Å². The minimum atomic E-state index is -1.10. The van der Waals surface area contributed by atoms with Gasteiger partial charge in [-0.3, -0.25) is 9.78 Å². The van der Waals surface area contributed by atoms with E-state index in [2.05, 4.69) is 30.1 Å². The Morgan fingerprint density at radius 2 is 1.59 bits per heavy atom. The Kier molecular flexibility index (Phi) is 12.2. The highest BCUT2D eigenvalue weighted by Crippen LogP contribution is 2.36. The van der Waals surface area contributed by atoms with Crippen LogP contribution < -0.4 is 14.2 Å². The number of aliphatic hydroxyl groups is 1. The number of rotatable bonds is 15. The third-order valence-corrected chi connectivity index (χ3v) is 8.69. The molecule has 0 atom stereocenters. The Hall–Kier alpha value is -5.89. The number of pyridine rings is 1. The molecule has 5 aromatic rings.